The fourth-order valence-electron chi connectivity index (χ4n) is 1.93. The van der Waals surface area contributed by atoms with Crippen LogP contribution in [0.3, 0.4) is 0 Å². The van der Waals surface area contributed by atoms with Crippen molar-refractivity contribution in [1.82, 2.24) is 0 Å². The molecule has 17 heavy (non-hydrogen) atoms. The first kappa shape index (κ1) is 16.4. The predicted octanol–water partition coefficient (Wildman–Crippen LogP) is -0.354. The third kappa shape index (κ3) is 9.09. The van der Waals surface area contributed by atoms with Gasteiger partial charge in [-0.1, -0.05) is 0 Å². The van der Waals surface area contributed by atoms with Crippen molar-refractivity contribution in [3.8, 4) is 0 Å². The van der Waals surface area contributed by atoms with Crippen LogP contribution >= 0.6 is 0 Å². The molecule has 102 valence electrons. The molecule has 0 spiro atoms. The number of carbonyl (C=O) groups is 1. The molecule has 5 nitrogen and oxygen atoms in total. The fourth-order valence-corrected chi connectivity index (χ4v) is 1.93. The van der Waals surface area contributed by atoms with Crippen molar-refractivity contribution in [1.29, 1.82) is 0 Å². The van der Waals surface area contributed by atoms with Gasteiger partial charge < -0.3 is 23.9 Å². The SMILES string of the molecule is COCC(=O)[O-].COCC[N+]1(C)CCCCC1. The number of hydrogen-bond acceptors (Lipinski definition) is 4. The molecule has 0 aliphatic carbocycles. The highest BCUT2D eigenvalue weighted by molar-refractivity contribution is 5.65. The summed E-state index contributed by atoms with van der Waals surface area (Å²) in [5.74, 6) is -1.18. The van der Waals surface area contributed by atoms with E-state index < -0.39 is 5.97 Å². The lowest BCUT2D eigenvalue weighted by atomic mass is 10.1. The molecule has 0 unspecified atom stereocenters. The molecule has 0 saturated carbocycles. The number of hydrogen-bond donors (Lipinski definition) is 0. The van der Waals surface area contributed by atoms with Gasteiger partial charge in [-0.15, -0.1) is 0 Å². The number of carbonyl (C=O) groups excluding carboxylic acids is 1. The number of rotatable bonds is 5. The molecule has 0 aromatic rings. The minimum atomic E-state index is -1.18. The largest absolute Gasteiger partial charge is 0.548 e. The zero-order valence-electron chi connectivity index (χ0n) is 11.2. The molecule has 1 heterocycles. The summed E-state index contributed by atoms with van der Waals surface area (Å²) in [6.45, 7) is 4.49. The van der Waals surface area contributed by atoms with Gasteiger partial charge in [0.2, 0.25) is 0 Å². The standard InChI is InChI=1S/C9H20NO.C3H6O3/c1-10(8-9-11-2)6-4-3-5-7-10;1-6-2-3(4)5/h3-9H2,1-2H3;2H2,1H3,(H,4,5)/q+1;/p-1. The summed E-state index contributed by atoms with van der Waals surface area (Å²) >= 11 is 0. The first-order valence-corrected chi connectivity index (χ1v) is 6.05. The maximum absolute atomic E-state index is 9.36. The second kappa shape index (κ2) is 9.39. The Morgan fingerprint density at radius 1 is 1.18 bits per heavy atom. The average Bonchev–Trinajstić information content (AvgIpc) is 2.28. The van der Waals surface area contributed by atoms with E-state index in [4.69, 9.17) is 4.74 Å². The summed E-state index contributed by atoms with van der Waals surface area (Å²) in [5.41, 5.74) is 0. The number of nitrogens with zero attached hydrogens (tertiary/aromatic N) is 1. The maximum Gasteiger partial charge on any atom is 0.102 e. The van der Waals surface area contributed by atoms with E-state index in [0.29, 0.717) is 0 Å². The van der Waals surface area contributed by atoms with Gasteiger partial charge in [-0.3, -0.25) is 0 Å². The van der Waals surface area contributed by atoms with Crippen LogP contribution in [-0.2, 0) is 14.3 Å². The quantitative estimate of drug-likeness (QED) is 0.623. The van der Waals surface area contributed by atoms with Gasteiger partial charge in [0, 0.05) is 14.2 Å². The number of carboxylic acids is 1. The van der Waals surface area contributed by atoms with Crippen LogP contribution in [0.5, 0.6) is 0 Å². The minimum absolute atomic E-state index is 0.319. The van der Waals surface area contributed by atoms with Gasteiger partial charge in [0.1, 0.15) is 6.54 Å². The molecule has 1 fully saturated rings. The van der Waals surface area contributed by atoms with E-state index in [1.54, 1.807) is 7.11 Å². The van der Waals surface area contributed by atoms with E-state index in [1.165, 1.54) is 50.5 Å². The van der Waals surface area contributed by atoms with Gasteiger partial charge >= 0.3 is 0 Å². The van der Waals surface area contributed by atoms with Crippen molar-refractivity contribution in [3.05, 3.63) is 0 Å². The van der Waals surface area contributed by atoms with Crippen LogP contribution in [0.1, 0.15) is 19.3 Å². The first-order chi connectivity index (χ1) is 8.04. The highest BCUT2D eigenvalue weighted by Gasteiger charge is 2.23. The molecule has 0 aromatic carbocycles. The van der Waals surface area contributed by atoms with Crippen LogP contribution in [0.4, 0.5) is 0 Å². The van der Waals surface area contributed by atoms with Crippen molar-refractivity contribution in [2.75, 3.05) is 54.1 Å². The molecule has 1 saturated heterocycles. The molecule has 1 aliphatic rings. The number of ether oxygens (including phenoxy) is 2. The van der Waals surface area contributed by atoms with E-state index in [1.807, 2.05) is 0 Å². The summed E-state index contributed by atoms with van der Waals surface area (Å²) in [5, 5.41) is 9.36. The van der Waals surface area contributed by atoms with Gasteiger partial charge in [0.25, 0.3) is 0 Å². The van der Waals surface area contributed by atoms with Crippen LogP contribution < -0.4 is 5.11 Å². The monoisotopic (exact) mass is 247 g/mol. The van der Waals surface area contributed by atoms with Crippen LogP contribution in [0.25, 0.3) is 0 Å². The second-order valence-corrected chi connectivity index (χ2v) is 4.65. The third-order valence-electron chi connectivity index (χ3n) is 2.99. The Morgan fingerprint density at radius 3 is 2.12 bits per heavy atom. The zero-order chi connectivity index (χ0) is 13.1. The number of aliphatic carboxylic acids is 1. The zero-order valence-corrected chi connectivity index (χ0v) is 11.2. The number of piperidine rings is 1. The van der Waals surface area contributed by atoms with E-state index in [2.05, 4.69) is 11.8 Å². The predicted molar refractivity (Wildman–Crippen MR) is 63.4 cm³/mol. The molecule has 1 rings (SSSR count). The van der Waals surface area contributed by atoms with Gasteiger partial charge in [-0.25, -0.2) is 0 Å². The lowest BCUT2D eigenvalue weighted by Gasteiger charge is -2.37. The van der Waals surface area contributed by atoms with Crippen molar-refractivity contribution in [2.45, 2.75) is 19.3 Å². The molecule has 1 aliphatic heterocycles. The van der Waals surface area contributed by atoms with Crippen molar-refractivity contribution in [3.63, 3.8) is 0 Å². The molecular weight excluding hydrogens is 222 g/mol. The average molecular weight is 247 g/mol. The number of methoxy groups -OCH3 is 2. The molecule has 0 amide bonds. The van der Waals surface area contributed by atoms with Crippen LogP contribution in [0.2, 0.25) is 0 Å². The Bertz CT molecular complexity index is 203. The summed E-state index contributed by atoms with van der Waals surface area (Å²) in [6.07, 6.45) is 4.24. The Morgan fingerprint density at radius 2 is 1.76 bits per heavy atom. The van der Waals surface area contributed by atoms with E-state index >= 15 is 0 Å². The molecule has 0 atom stereocenters. The fraction of sp³-hybridized carbons (Fsp3) is 0.917. The summed E-state index contributed by atoms with van der Waals surface area (Å²) in [7, 11) is 5.43. The molecule has 0 N–H and O–H groups in total. The first-order valence-electron chi connectivity index (χ1n) is 6.05. The van der Waals surface area contributed by atoms with Gasteiger partial charge in [0.15, 0.2) is 0 Å². The Hall–Kier alpha value is -0.650. The second-order valence-electron chi connectivity index (χ2n) is 4.65. The molecular formula is C12H25NO4. The maximum atomic E-state index is 9.36. The Kier molecular flexibility index (Phi) is 9.03. The van der Waals surface area contributed by atoms with Crippen LogP contribution in [-0.4, -0.2) is 64.6 Å². The minimum Gasteiger partial charge on any atom is -0.548 e. The molecule has 5 heteroatoms. The Balaban J connectivity index is 0.000000366. The molecule has 0 aromatic heterocycles. The summed E-state index contributed by atoms with van der Waals surface area (Å²) in [6, 6.07) is 0. The number of carboxylic acid groups (broad SMARTS) is 1. The van der Waals surface area contributed by atoms with E-state index in [-0.39, 0.29) is 6.61 Å². The highest BCUT2D eigenvalue weighted by atomic mass is 16.5. The Labute approximate surface area is 104 Å². The van der Waals surface area contributed by atoms with E-state index in [9.17, 15) is 9.90 Å². The topological polar surface area (TPSA) is 58.6 Å². The van der Waals surface area contributed by atoms with Crippen LogP contribution in [0, 0.1) is 0 Å². The summed E-state index contributed by atoms with van der Waals surface area (Å²) < 4.78 is 10.5. The summed E-state index contributed by atoms with van der Waals surface area (Å²) in [4.78, 5) is 9.36. The van der Waals surface area contributed by atoms with Crippen molar-refractivity contribution < 1.29 is 23.9 Å². The lowest BCUT2D eigenvalue weighted by molar-refractivity contribution is -0.914. The van der Waals surface area contributed by atoms with Crippen molar-refractivity contribution >= 4 is 5.97 Å². The molecule has 0 bridgehead atoms. The number of quaternary nitrogens is 1. The molecule has 0 radical (unpaired) electrons. The highest BCUT2D eigenvalue weighted by Crippen LogP contribution is 2.15. The number of likely N-dealkylation sites (N-methyl/N-ethyl adjacent to an activating group) is 1. The van der Waals surface area contributed by atoms with E-state index in [0.717, 1.165) is 6.61 Å². The normalized spacial score (nSPS) is 18.1. The van der Waals surface area contributed by atoms with Gasteiger partial charge in [0.05, 0.1) is 39.3 Å². The smallest absolute Gasteiger partial charge is 0.102 e. The lowest BCUT2D eigenvalue weighted by Crippen LogP contribution is -2.49. The van der Waals surface area contributed by atoms with Crippen molar-refractivity contribution in [2.24, 2.45) is 0 Å². The third-order valence-corrected chi connectivity index (χ3v) is 2.99. The van der Waals surface area contributed by atoms with Crippen LogP contribution in [0.15, 0.2) is 0 Å². The number of likely N-dealkylation sites (tertiary alicyclic amines) is 1. The van der Waals surface area contributed by atoms with Gasteiger partial charge in [-0.2, -0.15) is 0 Å². The van der Waals surface area contributed by atoms with Gasteiger partial charge in [-0.05, 0) is 19.3 Å².